The van der Waals surface area contributed by atoms with E-state index in [9.17, 15) is 14.4 Å². The normalized spacial score (nSPS) is 12.9. The van der Waals surface area contributed by atoms with Crippen molar-refractivity contribution in [3.05, 3.63) is 76.5 Å². The van der Waals surface area contributed by atoms with Gasteiger partial charge in [-0.25, -0.2) is 9.97 Å². The molecule has 0 saturated heterocycles. The van der Waals surface area contributed by atoms with Gasteiger partial charge in [0, 0.05) is 35.4 Å². The number of amides is 2. The highest BCUT2D eigenvalue weighted by molar-refractivity contribution is 7.07. The maximum atomic E-state index is 13.3. The fourth-order valence-electron chi connectivity index (χ4n) is 3.94. The van der Waals surface area contributed by atoms with Crippen LogP contribution in [-0.4, -0.2) is 44.0 Å². The Labute approximate surface area is 198 Å². The molecule has 9 nitrogen and oxygen atoms in total. The number of hydrogen-bond acceptors (Lipinski definition) is 7. The molecule has 170 valence electrons. The minimum Gasteiger partial charge on any atom is -0.355 e. The minimum absolute atomic E-state index is 0.0440. The van der Waals surface area contributed by atoms with E-state index in [1.807, 2.05) is 30.3 Å². The number of Topliss-reactive ketones (excluding diaryl/α,β-unsaturated/α-hetero) is 1. The third-order valence-corrected chi connectivity index (χ3v) is 5.96. The van der Waals surface area contributed by atoms with Gasteiger partial charge in [0.2, 0.25) is 5.91 Å². The standard InChI is InChI=1S/C24H20N6O3S/c1-14(31)27-20-9-15(7-8-25-20)22-23(28-16-5-3-2-4-6-16)21-17(29-22)10-30(11-19(21)32)24(33)18-12-34-13-26-18/h2-9,12-13,28-29H,10-11H2,1H3,(H,25,27,31). The van der Waals surface area contributed by atoms with Gasteiger partial charge in [0.15, 0.2) is 5.78 Å². The van der Waals surface area contributed by atoms with E-state index < -0.39 is 0 Å². The van der Waals surface area contributed by atoms with Crippen LogP contribution in [0, 0.1) is 0 Å². The van der Waals surface area contributed by atoms with E-state index in [-0.39, 0.29) is 30.7 Å². The van der Waals surface area contributed by atoms with Gasteiger partial charge < -0.3 is 20.5 Å². The molecule has 0 fully saturated rings. The maximum Gasteiger partial charge on any atom is 0.274 e. The molecule has 0 radical (unpaired) electrons. The van der Waals surface area contributed by atoms with Crippen LogP contribution < -0.4 is 10.6 Å². The Hall–Kier alpha value is -4.31. The van der Waals surface area contributed by atoms with Gasteiger partial charge in [-0.3, -0.25) is 14.4 Å². The van der Waals surface area contributed by atoms with E-state index in [0.717, 1.165) is 11.3 Å². The zero-order valence-corrected chi connectivity index (χ0v) is 19.0. The van der Waals surface area contributed by atoms with Gasteiger partial charge in [-0.15, -0.1) is 11.3 Å². The highest BCUT2D eigenvalue weighted by atomic mass is 32.1. The number of hydrogen-bond donors (Lipinski definition) is 3. The van der Waals surface area contributed by atoms with Crippen molar-refractivity contribution < 1.29 is 14.4 Å². The summed E-state index contributed by atoms with van der Waals surface area (Å²) >= 11 is 1.33. The van der Waals surface area contributed by atoms with Gasteiger partial charge in [-0.05, 0) is 24.3 Å². The van der Waals surface area contributed by atoms with Gasteiger partial charge in [-0.2, -0.15) is 0 Å². The Morgan fingerprint density at radius 3 is 2.68 bits per heavy atom. The van der Waals surface area contributed by atoms with E-state index in [1.165, 1.54) is 23.2 Å². The first-order valence-electron chi connectivity index (χ1n) is 10.5. The summed E-state index contributed by atoms with van der Waals surface area (Å²) in [7, 11) is 0. The van der Waals surface area contributed by atoms with Crippen LogP contribution in [0.1, 0.15) is 33.5 Å². The number of para-hydroxylation sites is 1. The molecule has 1 aromatic carbocycles. The van der Waals surface area contributed by atoms with Gasteiger partial charge in [0.05, 0.1) is 35.5 Å². The summed E-state index contributed by atoms with van der Waals surface area (Å²) in [6, 6.07) is 13.1. The smallest absolute Gasteiger partial charge is 0.274 e. The van der Waals surface area contributed by atoms with Crippen LogP contribution in [0.5, 0.6) is 0 Å². The predicted octanol–water partition coefficient (Wildman–Crippen LogP) is 4.07. The molecule has 5 rings (SSSR count). The number of carbonyl (C=O) groups is 3. The fraction of sp³-hybridized carbons (Fsp3) is 0.125. The number of ketones is 1. The van der Waals surface area contributed by atoms with Crippen molar-refractivity contribution in [2.24, 2.45) is 0 Å². The Bertz CT molecular complexity index is 1380. The van der Waals surface area contributed by atoms with Crippen molar-refractivity contribution >= 4 is 46.1 Å². The number of anilines is 3. The van der Waals surface area contributed by atoms with Crippen molar-refractivity contribution in [2.45, 2.75) is 13.5 Å². The molecule has 1 aliphatic rings. The summed E-state index contributed by atoms with van der Waals surface area (Å²) in [5.74, 6) is -0.299. The topological polar surface area (TPSA) is 120 Å². The molecular weight excluding hydrogens is 452 g/mol. The lowest BCUT2D eigenvalue weighted by molar-refractivity contribution is -0.114. The van der Waals surface area contributed by atoms with Crippen LogP contribution in [0.4, 0.5) is 17.2 Å². The summed E-state index contributed by atoms with van der Waals surface area (Å²) in [6.45, 7) is 1.61. The van der Waals surface area contributed by atoms with Gasteiger partial charge >= 0.3 is 0 Å². The average molecular weight is 473 g/mol. The van der Waals surface area contributed by atoms with Gasteiger partial charge in [0.25, 0.3) is 5.91 Å². The molecule has 3 aromatic heterocycles. The molecule has 1 aliphatic heterocycles. The van der Waals surface area contributed by atoms with Gasteiger partial charge in [0.1, 0.15) is 11.5 Å². The van der Waals surface area contributed by atoms with E-state index in [1.54, 1.807) is 29.2 Å². The van der Waals surface area contributed by atoms with E-state index in [4.69, 9.17) is 0 Å². The van der Waals surface area contributed by atoms with Crippen LogP contribution in [0.3, 0.4) is 0 Å². The monoisotopic (exact) mass is 472 g/mol. The second-order valence-electron chi connectivity index (χ2n) is 7.79. The highest BCUT2D eigenvalue weighted by Crippen LogP contribution is 2.38. The minimum atomic E-state index is -0.286. The van der Waals surface area contributed by atoms with Crippen molar-refractivity contribution in [1.29, 1.82) is 0 Å². The number of thiazole rings is 1. The maximum absolute atomic E-state index is 13.3. The molecule has 4 heterocycles. The molecule has 2 amide bonds. The molecule has 0 saturated carbocycles. The Kier molecular flexibility index (Phi) is 5.64. The first-order valence-corrected chi connectivity index (χ1v) is 11.5. The van der Waals surface area contributed by atoms with Crippen molar-refractivity contribution in [3.63, 3.8) is 0 Å². The van der Waals surface area contributed by atoms with Crippen LogP contribution in [0.25, 0.3) is 11.3 Å². The third-order valence-electron chi connectivity index (χ3n) is 5.37. The largest absolute Gasteiger partial charge is 0.355 e. The summed E-state index contributed by atoms with van der Waals surface area (Å²) in [6.07, 6.45) is 1.59. The number of nitrogens with one attached hydrogen (secondary N) is 3. The number of aromatic nitrogens is 3. The van der Waals surface area contributed by atoms with Crippen molar-refractivity contribution in [1.82, 2.24) is 19.9 Å². The molecule has 10 heteroatoms. The second kappa shape index (κ2) is 8.91. The third kappa shape index (κ3) is 4.18. The molecule has 34 heavy (non-hydrogen) atoms. The number of nitrogens with zero attached hydrogens (tertiary/aromatic N) is 3. The number of carbonyl (C=O) groups excluding carboxylic acids is 3. The summed E-state index contributed by atoms with van der Waals surface area (Å²) < 4.78 is 0. The molecule has 0 atom stereocenters. The van der Waals surface area contributed by atoms with Crippen LogP contribution >= 0.6 is 11.3 Å². The molecule has 3 N–H and O–H groups in total. The van der Waals surface area contributed by atoms with E-state index in [0.29, 0.717) is 34.2 Å². The molecule has 0 unspecified atom stereocenters. The van der Waals surface area contributed by atoms with Crippen molar-refractivity contribution in [2.75, 3.05) is 17.2 Å². The molecule has 0 spiro atoms. The number of pyridine rings is 1. The van der Waals surface area contributed by atoms with E-state index >= 15 is 0 Å². The zero-order valence-electron chi connectivity index (χ0n) is 18.2. The first kappa shape index (κ1) is 21.5. The zero-order chi connectivity index (χ0) is 23.7. The lowest BCUT2D eigenvalue weighted by Gasteiger charge is -2.25. The molecule has 0 bridgehead atoms. The number of fused-ring (bicyclic) bond motifs is 1. The number of aromatic amines is 1. The summed E-state index contributed by atoms with van der Waals surface area (Å²) in [5, 5.41) is 7.72. The lowest BCUT2D eigenvalue weighted by Crippen LogP contribution is -2.39. The first-order chi connectivity index (χ1) is 16.5. The molecule has 0 aliphatic carbocycles. The SMILES string of the molecule is CC(=O)Nc1cc(-c2[nH]c3c(c2Nc2ccccc2)C(=O)CN(C(=O)c2cscn2)C3)ccn1. The fourth-order valence-corrected chi connectivity index (χ4v) is 4.47. The van der Waals surface area contributed by atoms with Crippen molar-refractivity contribution in [3.8, 4) is 11.3 Å². The van der Waals surface area contributed by atoms with Gasteiger partial charge in [-0.1, -0.05) is 18.2 Å². The Morgan fingerprint density at radius 2 is 1.94 bits per heavy atom. The number of benzene rings is 1. The summed E-state index contributed by atoms with van der Waals surface area (Å²) in [5.41, 5.74) is 5.89. The van der Waals surface area contributed by atoms with Crippen LogP contribution in [0.15, 0.2) is 59.6 Å². The Morgan fingerprint density at radius 1 is 1.12 bits per heavy atom. The van der Waals surface area contributed by atoms with E-state index in [2.05, 4.69) is 25.6 Å². The van der Waals surface area contributed by atoms with Crippen LogP contribution in [-0.2, 0) is 11.3 Å². The van der Waals surface area contributed by atoms with Crippen LogP contribution in [0.2, 0.25) is 0 Å². The lowest BCUT2D eigenvalue weighted by atomic mass is 10.0. The molecular formula is C24H20N6O3S. The molecule has 4 aromatic rings. The quantitative estimate of drug-likeness (QED) is 0.403. The summed E-state index contributed by atoms with van der Waals surface area (Å²) in [4.78, 5) is 50.8. The Balaban J connectivity index is 1.58. The number of rotatable bonds is 5. The number of H-pyrrole nitrogens is 1. The second-order valence-corrected chi connectivity index (χ2v) is 8.51. The average Bonchev–Trinajstić information content (AvgIpc) is 3.48. The highest BCUT2D eigenvalue weighted by Gasteiger charge is 2.33. The predicted molar refractivity (Wildman–Crippen MR) is 129 cm³/mol.